The molecule has 1 fully saturated rings. The number of hydrogen-bond donors (Lipinski definition) is 2. The predicted molar refractivity (Wildman–Crippen MR) is 111 cm³/mol. The van der Waals surface area contributed by atoms with E-state index in [9.17, 15) is 4.79 Å². The summed E-state index contributed by atoms with van der Waals surface area (Å²) in [5.41, 5.74) is 1.72. The summed E-state index contributed by atoms with van der Waals surface area (Å²) < 4.78 is 17.3. The maximum atomic E-state index is 12.2. The van der Waals surface area contributed by atoms with E-state index in [2.05, 4.69) is 10.6 Å². The van der Waals surface area contributed by atoms with Gasteiger partial charge < -0.3 is 24.7 Å². The number of nitrogens with one attached hydrogen (secondary N) is 2. The molecule has 1 heterocycles. The molecule has 1 saturated heterocycles. The van der Waals surface area contributed by atoms with Crippen LogP contribution < -0.4 is 20.8 Å². The molecule has 148 valence electrons. The van der Waals surface area contributed by atoms with E-state index in [0.717, 1.165) is 16.8 Å². The smallest absolute Gasteiger partial charge is 0.494 e. The quantitative estimate of drug-likeness (QED) is 0.779. The second-order valence-corrected chi connectivity index (χ2v) is 7.87. The van der Waals surface area contributed by atoms with Gasteiger partial charge in [0.1, 0.15) is 5.75 Å². The van der Waals surface area contributed by atoms with Crippen LogP contribution in [0.25, 0.3) is 0 Å². The number of rotatable bonds is 5. The molecule has 3 rings (SSSR count). The van der Waals surface area contributed by atoms with E-state index in [4.69, 9.17) is 14.0 Å². The van der Waals surface area contributed by atoms with Crippen molar-refractivity contribution in [3.05, 3.63) is 54.1 Å². The van der Waals surface area contributed by atoms with Gasteiger partial charge in [0.25, 0.3) is 0 Å². The maximum Gasteiger partial charge on any atom is 0.494 e. The monoisotopic (exact) mass is 382 g/mol. The minimum Gasteiger partial charge on any atom is -0.497 e. The van der Waals surface area contributed by atoms with Crippen LogP contribution in [0.1, 0.15) is 33.3 Å². The molecular weight excluding hydrogens is 355 g/mol. The number of anilines is 1. The van der Waals surface area contributed by atoms with Crippen LogP contribution in [0.5, 0.6) is 5.75 Å². The second-order valence-electron chi connectivity index (χ2n) is 7.87. The average molecular weight is 382 g/mol. The number of urea groups is 1. The predicted octanol–water partition coefficient (Wildman–Crippen LogP) is 3.32. The summed E-state index contributed by atoms with van der Waals surface area (Å²) >= 11 is 0. The molecule has 1 aliphatic rings. The summed E-state index contributed by atoms with van der Waals surface area (Å²) in [4.78, 5) is 12.2. The van der Waals surface area contributed by atoms with Gasteiger partial charge >= 0.3 is 13.1 Å². The van der Waals surface area contributed by atoms with Crippen LogP contribution >= 0.6 is 0 Å². The van der Waals surface area contributed by atoms with E-state index in [-0.39, 0.29) is 6.03 Å². The second kappa shape index (κ2) is 7.85. The maximum absolute atomic E-state index is 12.2. The van der Waals surface area contributed by atoms with Gasteiger partial charge in [0.2, 0.25) is 0 Å². The molecule has 0 radical (unpaired) electrons. The lowest BCUT2D eigenvalue weighted by Crippen LogP contribution is -2.41. The van der Waals surface area contributed by atoms with Crippen molar-refractivity contribution in [2.24, 2.45) is 0 Å². The first kappa shape index (κ1) is 20.2. The molecule has 0 unspecified atom stereocenters. The van der Waals surface area contributed by atoms with Gasteiger partial charge in [-0.15, -0.1) is 0 Å². The minimum absolute atomic E-state index is 0.276. The highest BCUT2D eigenvalue weighted by molar-refractivity contribution is 6.62. The van der Waals surface area contributed by atoms with Crippen LogP contribution in [-0.4, -0.2) is 31.5 Å². The van der Waals surface area contributed by atoms with Crippen molar-refractivity contribution in [1.29, 1.82) is 0 Å². The fourth-order valence-electron chi connectivity index (χ4n) is 2.84. The Morgan fingerprint density at radius 3 is 2.29 bits per heavy atom. The Bertz CT molecular complexity index is 821. The highest BCUT2D eigenvalue weighted by Gasteiger charge is 2.51. The number of hydrogen-bond acceptors (Lipinski definition) is 4. The third kappa shape index (κ3) is 4.48. The van der Waals surface area contributed by atoms with Gasteiger partial charge in [-0.25, -0.2) is 4.79 Å². The summed E-state index contributed by atoms with van der Waals surface area (Å²) in [6.07, 6.45) is 0. The van der Waals surface area contributed by atoms with Crippen LogP contribution in [0.3, 0.4) is 0 Å². The number of ether oxygens (including phenoxy) is 1. The highest BCUT2D eigenvalue weighted by Crippen LogP contribution is 2.36. The molecule has 2 aromatic rings. The molecule has 2 N–H and O–H groups in total. The van der Waals surface area contributed by atoms with Gasteiger partial charge in [0.15, 0.2) is 0 Å². The Balaban J connectivity index is 1.59. The van der Waals surface area contributed by atoms with Crippen molar-refractivity contribution in [2.75, 3.05) is 12.4 Å². The number of benzene rings is 2. The third-order valence-corrected chi connectivity index (χ3v) is 5.28. The van der Waals surface area contributed by atoms with Crippen molar-refractivity contribution in [3.63, 3.8) is 0 Å². The molecule has 0 spiro atoms. The van der Waals surface area contributed by atoms with Crippen LogP contribution in [0, 0.1) is 0 Å². The Morgan fingerprint density at radius 2 is 1.68 bits per heavy atom. The van der Waals surface area contributed by atoms with Gasteiger partial charge in [0, 0.05) is 12.2 Å². The fourth-order valence-corrected chi connectivity index (χ4v) is 2.84. The number of methoxy groups -OCH3 is 1. The van der Waals surface area contributed by atoms with E-state index < -0.39 is 18.3 Å². The van der Waals surface area contributed by atoms with Crippen molar-refractivity contribution in [1.82, 2.24) is 5.32 Å². The van der Waals surface area contributed by atoms with Gasteiger partial charge in [-0.1, -0.05) is 24.3 Å². The zero-order valence-electron chi connectivity index (χ0n) is 17.0. The highest BCUT2D eigenvalue weighted by atomic mass is 16.7. The number of carbonyl (C=O) groups is 1. The molecule has 0 saturated carbocycles. The van der Waals surface area contributed by atoms with Crippen LogP contribution in [0.2, 0.25) is 0 Å². The van der Waals surface area contributed by atoms with E-state index in [1.165, 1.54) is 0 Å². The standard InChI is InChI=1S/C21H27BN2O4/c1-20(2)21(3,4)28-22(27-20)16-7-6-8-17(13-16)24-19(25)23-14-15-9-11-18(26-5)12-10-15/h6-13H,14H2,1-5H3,(H2,23,24,25). The Labute approximate surface area is 166 Å². The molecule has 2 amide bonds. The summed E-state index contributed by atoms with van der Waals surface area (Å²) in [6, 6.07) is 14.8. The summed E-state index contributed by atoms with van der Waals surface area (Å²) in [5, 5.41) is 5.70. The summed E-state index contributed by atoms with van der Waals surface area (Å²) in [7, 11) is 1.16. The van der Waals surface area contributed by atoms with Crippen LogP contribution in [0.15, 0.2) is 48.5 Å². The lowest BCUT2D eigenvalue weighted by atomic mass is 9.79. The van der Waals surface area contributed by atoms with Gasteiger partial charge in [-0.2, -0.15) is 0 Å². The number of carbonyl (C=O) groups excluding carboxylic acids is 1. The molecule has 0 aromatic heterocycles. The summed E-state index contributed by atoms with van der Waals surface area (Å²) in [6.45, 7) is 8.49. The molecule has 0 bridgehead atoms. The largest absolute Gasteiger partial charge is 0.497 e. The first-order valence-electron chi connectivity index (χ1n) is 9.33. The topological polar surface area (TPSA) is 68.8 Å². The lowest BCUT2D eigenvalue weighted by molar-refractivity contribution is 0.00578. The van der Waals surface area contributed by atoms with Crippen LogP contribution in [-0.2, 0) is 15.9 Å². The van der Waals surface area contributed by atoms with E-state index in [0.29, 0.717) is 12.2 Å². The zero-order valence-corrected chi connectivity index (χ0v) is 17.0. The first-order chi connectivity index (χ1) is 13.2. The van der Waals surface area contributed by atoms with E-state index in [1.54, 1.807) is 7.11 Å². The Kier molecular flexibility index (Phi) is 5.68. The normalized spacial score (nSPS) is 17.2. The van der Waals surface area contributed by atoms with Crippen molar-refractivity contribution in [2.45, 2.75) is 45.4 Å². The molecule has 1 aliphatic heterocycles. The van der Waals surface area contributed by atoms with Gasteiger partial charge in [-0.05, 0) is 63.0 Å². The molecule has 6 nitrogen and oxygen atoms in total. The van der Waals surface area contributed by atoms with Gasteiger partial charge in [-0.3, -0.25) is 0 Å². The van der Waals surface area contributed by atoms with E-state index in [1.807, 2.05) is 76.2 Å². The third-order valence-electron chi connectivity index (χ3n) is 5.28. The van der Waals surface area contributed by atoms with Crippen molar-refractivity contribution in [3.8, 4) is 5.75 Å². The fraction of sp³-hybridized carbons (Fsp3) is 0.381. The summed E-state index contributed by atoms with van der Waals surface area (Å²) in [5.74, 6) is 0.785. The van der Waals surface area contributed by atoms with Crippen molar-refractivity contribution >= 4 is 24.3 Å². The lowest BCUT2D eigenvalue weighted by Gasteiger charge is -2.32. The molecule has 28 heavy (non-hydrogen) atoms. The molecule has 0 atom stereocenters. The van der Waals surface area contributed by atoms with Crippen molar-refractivity contribution < 1.29 is 18.8 Å². The average Bonchev–Trinajstić information content (AvgIpc) is 2.88. The SMILES string of the molecule is COc1ccc(CNC(=O)Nc2cccc(B3OC(C)(C)C(C)(C)O3)c2)cc1. The molecular formula is C21H27BN2O4. The first-order valence-corrected chi connectivity index (χ1v) is 9.33. The Hall–Kier alpha value is -2.51. The van der Waals surface area contributed by atoms with E-state index >= 15 is 0 Å². The molecule has 0 aliphatic carbocycles. The Morgan fingerprint density at radius 1 is 1.04 bits per heavy atom. The van der Waals surface area contributed by atoms with Crippen LogP contribution in [0.4, 0.5) is 10.5 Å². The minimum atomic E-state index is -0.464. The molecule has 7 heteroatoms. The number of amides is 2. The molecule has 2 aromatic carbocycles. The zero-order chi connectivity index (χ0) is 20.4. The van der Waals surface area contributed by atoms with Gasteiger partial charge in [0.05, 0.1) is 18.3 Å².